The van der Waals surface area contributed by atoms with E-state index in [9.17, 15) is 43.2 Å². The molecule has 602 valence electrons. The lowest BCUT2D eigenvalue weighted by atomic mass is 10.0. The molecule has 0 aliphatic carbocycles. The zero-order valence-electron chi connectivity index (χ0n) is 65.9. The molecule has 0 aromatic heterocycles. The summed E-state index contributed by atoms with van der Waals surface area (Å²) in [5.41, 5.74) is 0. The summed E-state index contributed by atoms with van der Waals surface area (Å²) in [7, 11) is -9.96. The zero-order valence-corrected chi connectivity index (χ0v) is 67.7. The normalized spacial score (nSPS) is 14.3. The highest BCUT2D eigenvalue weighted by atomic mass is 31.2. The van der Waals surface area contributed by atoms with Gasteiger partial charge in [-0.1, -0.05) is 330 Å². The summed E-state index contributed by atoms with van der Waals surface area (Å²) in [6, 6.07) is 0. The summed E-state index contributed by atoms with van der Waals surface area (Å²) >= 11 is 0. The van der Waals surface area contributed by atoms with Crippen molar-refractivity contribution < 1.29 is 80.2 Å². The third kappa shape index (κ3) is 76.2. The first-order valence-corrected chi connectivity index (χ1v) is 44.5. The molecule has 0 radical (unpaired) electrons. The minimum Gasteiger partial charge on any atom is -0.462 e. The van der Waals surface area contributed by atoms with E-state index < -0.39 is 97.5 Å². The maximum absolute atomic E-state index is 13.1. The van der Waals surface area contributed by atoms with E-state index in [4.69, 9.17) is 37.0 Å². The van der Waals surface area contributed by atoms with Crippen molar-refractivity contribution in [3.8, 4) is 0 Å². The van der Waals surface area contributed by atoms with Crippen molar-refractivity contribution in [3.63, 3.8) is 0 Å². The molecule has 5 unspecified atom stereocenters. The second kappa shape index (κ2) is 77.1. The van der Waals surface area contributed by atoms with E-state index in [0.29, 0.717) is 25.7 Å². The summed E-state index contributed by atoms with van der Waals surface area (Å²) in [4.78, 5) is 73.1. The van der Waals surface area contributed by atoms with Gasteiger partial charge in [-0.25, -0.2) is 9.13 Å². The van der Waals surface area contributed by atoms with Crippen LogP contribution in [0.5, 0.6) is 0 Å². The van der Waals surface area contributed by atoms with Crippen LogP contribution in [-0.4, -0.2) is 96.7 Å². The van der Waals surface area contributed by atoms with E-state index in [-0.39, 0.29) is 25.7 Å². The largest absolute Gasteiger partial charge is 0.472 e. The lowest BCUT2D eigenvalue weighted by Gasteiger charge is -2.21. The standard InChI is InChI=1S/C85H150O17P2/c1-5-9-13-17-21-25-29-33-36-38-39-41-43-47-50-54-58-62-66-70-83(88)96-76-81(102-85(90)72-68-64-60-56-52-48-44-40-37-34-30-26-22-18-14-10-6-2)78-100-104(93,94)98-74-79(86)73-97-103(91,92)99-77-80(101-84(89)71-67-63-59-55-51-45-32-28-24-20-16-12-8-4)75-95-82(87)69-65-61-57-53-49-46-42-35-31-27-23-19-15-11-7-3/h9-10,13-14,21-22,25-26,33-34,36-37,39,41,47,50,79-81,86H,5-8,11-12,15-20,23-24,27-32,35,38,40,42-46,48-49,51-78H2,1-4H3,(H,91,92)(H,93,94)/b13-9-,14-10-,25-21-,26-22-,36-33-,37-34-,41-39-,50-47-. The number of esters is 4. The molecule has 0 aromatic rings. The second-order valence-electron chi connectivity index (χ2n) is 27.7. The maximum atomic E-state index is 13.1. The Kier molecular flexibility index (Phi) is 74.2. The number of hydrogen-bond acceptors (Lipinski definition) is 15. The van der Waals surface area contributed by atoms with E-state index in [2.05, 4.69) is 125 Å². The fraction of sp³-hybridized carbons (Fsp3) is 0.765. The quantitative estimate of drug-likeness (QED) is 0.0169. The van der Waals surface area contributed by atoms with Crippen LogP contribution in [0.25, 0.3) is 0 Å². The van der Waals surface area contributed by atoms with E-state index in [1.807, 2.05) is 0 Å². The molecule has 19 heteroatoms. The number of rotatable bonds is 78. The van der Waals surface area contributed by atoms with Crippen LogP contribution in [0.4, 0.5) is 0 Å². The number of ether oxygens (including phenoxy) is 4. The Morgan fingerprint density at radius 1 is 0.279 bits per heavy atom. The van der Waals surface area contributed by atoms with Crippen LogP contribution in [0, 0.1) is 0 Å². The van der Waals surface area contributed by atoms with Gasteiger partial charge >= 0.3 is 39.5 Å². The van der Waals surface area contributed by atoms with Crippen LogP contribution in [0.3, 0.4) is 0 Å². The molecule has 0 bridgehead atoms. The summed E-state index contributed by atoms with van der Waals surface area (Å²) < 4.78 is 68.7. The average Bonchev–Trinajstić information content (AvgIpc) is 0.911. The first-order valence-electron chi connectivity index (χ1n) is 41.5. The number of unbranched alkanes of at least 4 members (excludes halogenated alkanes) is 36. The minimum absolute atomic E-state index is 0.0762. The van der Waals surface area contributed by atoms with Crippen molar-refractivity contribution in [2.45, 2.75) is 380 Å². The summed E-state index contributed by atoms with van der Waals surface area (Å²) in [5.74, 6) is -2.19. The van der Waals surface area contributed by atoms with Gasteiger partial charge in [-0.2, -0.15) is 0 Å². The molecule has 0 amide bonds. The fourth-order valence-electron chi connectivity index (χ4n) is 11.3. The van der Waals surface area contributed by atoms with Gasteiger partial charge in [-0.15, -0.1) is 0 Å². The third-order valence-electron chi connectivity index (χ3n) is 17.6. The molecule has 0 spiro atoms. The van der Waals surface area contributed by atoms with Crippen molar-refractivity contribution in [2.24, 2.45) is 0 Å². The molecule has 5 atom stereocenters. The molecule has 104 heavy (non-hydrogen) atoms. The number of phosphoric ester groups is 2. The Bertz CT molecular complexity index is 2350. The highest BCUT2D eigenvalue weighted by molar-refractivity contribution is 7.47. The Hall–Kier alpha value is -4.02. The van der Waals surface area contributed by atoms with E-state index in [0.717, 1.165) is 161 Å². The summed E-state index contributed by atoms with van der Waals surface area (Å²) in [6.45, 7) is 4.67. The number of carbonyl (C=O) groups is 4. The van der Waals surface area contributed by atoms with Gasteiger partial charge in [-0.3, -0.25) is 37.3 Å². The lowest BCUT2D eigenvalue weighted by molar-refractivity contribution is -0.161. The molecular weight excluding hydrogens is 1350 g/mol. The zero-order chi connectivity index (χ0) is 76.0. The van der Waals surface area contributed by atoms with Crippen LogP contribution in [0.1, 0.15) is 362 Å². The number of aliphatic hydroxyl groups excluding tert-OH is 1. The number of carbonyl (C=O) groups excluding carboxylic acids is 4. The van der Waals surface area contributed by atoms with Crippen LogP contribution in [-0.2, 0) is 65.4 Å². The van der Waals surface area contributed by atoms with Crippen LogP contribution < -0.4 is 0 Å². The molecule has 0 saturated carbocycles. The third-order valence-corrected chi connectivity index (χ3v) is 19.5. The molecule has 0 aliphatic rings. The number of allylic oxidation sites excluding steroid dienone is 16. The Morgan fingerprint density at radius 3 is 0.779 bits per heavy atom. The highest BCUT2D eigenvalue weighted by Gasteiger charge is 2.30. The molecule has 0 fully saturated rings. The van der Waals surface area contributed by atoms with Gasteiger partial charge in [0.25, 0.3) is 0 Å². The molecule has 17 nitrogen and oxygen atoms in total. The number of hydrogen-bond donors (Lipinski definition) is 3. The van der Waals surface area contributed by atoms with E-state index in [1.165, 1.54) is 122 Å². The first kappa shape index (κ1) is 100.0. The Balaban J connectivity index is 5.37. The molecule has 0 heterocycles. The lowest BCUT2D eigenvalue weighted by Crippen LogP contribution is -2.30. The van der Waals surface area contributed by atoms with Gasteiger partial charge in [0.2, 0.25) is 0 Å². The molecular formula is C85H150O17P2. The van der Waals surface area contributed by atoms with Gasteiger partial charge in [0.15, 0.2) is 12.2 Å². The molecule has 0 aromatic carbocycles. The van der Waals surface area contributed by atoms with Crippen molar-refractivity contribution in [2.75, 3.05) is 39.6 Å². The van der Waals surface area contributed by atoms with Crippen LogP contribution >= 0.6 is 15.6 Å². The van der Waals surface area contributed by atoms with Gasteiger partial charge in [0, 0.05) is 25.7 Å². The second-order valence-corrected chi connectivity index (χ2v) is 30.6. The summed E-state index contributed by atoms with van der Waals surface area (Å²) in [5, 5.41) is 10.7. The van der Waals surface area contributed by atoms with Crippen molar-refractivity contribution in [1.29, 1.82) is 0 Å². The molecule has 0 rings (SSSR count). The predicted molar refractivity (Wildman–Crippen MR) is 427 cm³/mol. The summed E-state index contributed by atoms with van der Waals surface area (Å²) in [6.07, 6.45) is 82.3. The van der Waals surface area contributed by atoms with Crippen molar-refractivity contribution in [3.05, 3.63) is 97.2 Å². The van der Waals surface area contributed by atoms with Crippen LogP contribution in [0.2, 0.25) is 0 Å². The predicted octanol–water partition coefficient (Wildman–Crippen LogP) is 24.3. The molecule has 0 aliphatic heterocycles. The van der Waals surface area contributed by atoms with Crippen LogP contribution in [0.15, 0.2) is 97.2 Å². The Morgan fingerprint density at radius 2 is 0.500 bits per heavy atom. The molecule has 0 saturated heterocycles. The minimum atomic E-state index is -4.99. The average molecular weight is 1510 g/mol. The van der Waals surface area contributed by atoms with Crippen molar-refractivity contribution in [1.82, 2.24) is 0 Å². The van der Waals surface area contributed by atoms with E-state index >= 15 is 0 Å². The molecule has 3 N–H and O–H groups in total. The maximum Gasteiger partial charge on any atom is 0.472 e. The van der Waals surface area contributed by atoms with Crippen molar-refractivity contribution >= 4 is 39.5 Å². The van der Waals surface area contributed by atoms with Gasteiger partial charge in [0.05, 0.1) is 26.4 Å². The number of aliphatic hydroxyl groups is 1. The Labute approximate surface area is 633 Å². The fourth-order valence-corrected chi connectivity index (χ4v) is 12.9. The van der Waals surface area contributed by atoms with E-state index in [1.54, 1.807) is 0 Å². The first-order chi connectivity index (χ1) is 50.7. The topological polar surface area (TPSA) is 237 Å². The number of phosphoric acid groups is 2. The highest BCUT2D eigenvalue weighted by Crippen LogP contribution is 2.45. The smallest absolute Gasteiger partial charge is 0.462 e. The SMILES string of the molecule is CC/C=C\C/C=C\C/C=C\C/C=C\C/C=C\CCCCCC(=O)OCC(COP(=O)(O)OCC(O)COP(=O)(O)OCC(COC(=O)CCCCCCCCCCCCCCCCC)OC(=O)CCCCCCCCCCCCCCC)OC(=O)CCCCCCCCC/C=C\C/C=C\C/C=C\CC. The monoisotopic (exact) mass is 1510 g/mol. The van der Waals surface area contributed by atoms with Gasteiger partial charge in [-0.05, 0) is 103 Å². The van der Waals surface area contributed by atoms with Gasteiger partial charge in [0.1, 0.15) is 19.3 Å². The van der Waals surface area contributed by atoms with Gasteiger partial charge < -0.3 is 33.8 Å².